The van der Waals surface area contributed by atoms with Gasteiger partial charge in [-0.3, -0.25) is 0 Å². The standard InChI is InChI=1S/C16H10Br2ClNO/c1-21-16-11(18)7-10(17)15-14(16)12(19)8-13(20-15)9-5-3-2-4-6-9/h2-8H,1H3. The van der Waals surface area contributed by atoms with Crippen molar-refractivity contribution in [1.82, 2.24) is 4.98 Å². The molecule has 3 rings (SSSR count). The van der Waals surface area contributed by atoms with Gasteiger partial charge < -0.3 is 4.74 Å². The summed E-state index contributed by atoms with van der Waals surface area (Å²) in [7, 11) is 1.62. The molecule has 0 aliphatic heterocycles. The molecule has 0 aliphatic carbocycles. The third kappa shape index (κ3) is 2.68. The number of pyridine rings is 1. The minimum absolute atomic E-state index is 0.609. The molecule has 0 bridgehead atoms. The number of halogens is 3. The molecular weight excluding hydrogens is 417 g/mol. The summed E-state index contributed by atoms with van der Waals surface area (Å²) in [6.07, 6.45) is 0. The molecule has 106 valence electrons. The summed E-state index contributed by atoms with van der Waals surface area (Å²) in [6.45, 7) is 0. The number of rotatable bonds is 2. The zero-order valence-corrected chi connectivity index (χ0v) is 15.0. The molecule has 2 nitrogen and oxygen atoms in total. The number of nitrogens with zero attached hydrogens (tertiary/aromatic N) is 1. The first-order valence-corrected chi connectivity index (χ1v) is 8.16. The van der Waals surface area contributed by atoms with Crippen LogP contribution in [-0.2, 0) is 0 Å². The third-order valence-corrected chi connectivity index (χ3v) is 4.66. The fourth-order valence-corrected chi connectivity index (χ4v) is 3.91. The molecule has 0 saturated heterocycles. The van der Waals surface area contributed by atoms with Crippen molar-refractivity contribution < 1.29 is 4.74 Å². The van der Waals surface area contributed by atoms with Gasteiger partial charge in [0.2, 0.25) is 0 Å². The van der Waals surface area contributed by atoms with Gasteiger partial charge in [0.15, 0.2) is 0 Å². The van der Waals surface area contributed by atoms with Crippen molar-refractivity contribution in [2.45, 2.75) is 0 Å². The lowest BCUT2D eigenvalue weighted by Gasteiger charge is -2.12. The largest absolute Gasteiger partial charge is 0.495 e. The number of ether oxygens (including phenoxy) is 1. The first kappa shape index (κ1) is 14.8. The molecule has 3 aromatic rings. The van der Waals surface area contributed by atoms with Crippen LogP contribution in [0.3, 0.4) is 0 Å². The van der Waals surface area contributed by atoms with E-state index in [2.05, 4.69) is 31.9 Å². The Bertz CT molecular complexity index is 822. The summed E-state index contributed by atoms with van der Waals surface area (Å²) < 4.78 is 7.15. The zero-order chi connectivity index (χ0) is 15.0. The lowest BCUT2D eigenvalue weighted by Crippen LogP contribution is -1.93. The van der Waals surface area contributed by atoms with Crippen LogP contribution in [-0.4, -0.2) is 12.1 Å². The fraction of sp³-hybridized carbons (Fsp3) is 0.0625. The highest BCUT2D eigenvalue weighted by molar-refractivity contribution is 9.11. The molecule has 21 heavy (non-hydrogen) atoms. The van der Waals surface area contributed by atoms with E-state index in [4.69, 9.17) is 21.3 Å². The van der Waals surface area contributed by atoms with E-state index < -0.39 is 0 Å². The summed E-state index contributed by atoms with van der Waals surface area (Å²) >= 11 is 13.5. The van der Waals surface area contributed by atoms with Crippen LogP contribution in [0.5, 0.6) is 5.75 Å². The highest BCUT2D eigenvalue weighted by atomic mass is 79.9. The van der Waals surface area contributed by atoms with Crippen LogP contribution in [0.25, 0.3) is 22.2 Å². The zero-order valence-electron chi connectivity index (χ0n) is 11.0. The maximum absolute atomic E-state index is 6.48. The summed E-state index contributed by atoms with van der Waals surface area (Å²) in [4.78, 5) is 4.72. The van der Waals surface area contributed by atoms with Gasteiger partial charge in [-0.05, 0) is 44.0 Å². The Morgan fingerprint density at radius 1 is 1.05 bits per heavy atom. The molecular formula is C16H10Br2ClNO. The maximum atomic E-state index is 6.48. The Kier molecular flexibility index (Phi) is 4.20. The normalized spacial score (nSPS) is 10.9. The van der Waals surface area contributed by atoms with E-state index in [0.29, 0.717) is 10.8 Å². The summed E-state index contributed by atoms with van der Waals surface area (Å²) in [6, 6.07) is 13.7. The number of hydrogen-bond donors (Lipinski definition) is 0. The third-order valence-electron chi connectivity index (χ3n) is 3.17. The molecule has 0 N–H and O–H groups in total. The van der Waals surface area contributed by atoms with Gasteiger partial charge in [0.25, 0.3) is 0 Å². The molecule has 1 heterocycles. The van der Waals surface area contributed by atoms with E-state index in [1.807, 2.05) is 42.5 Å². The van der Waals surface area contributed by atoms with Crippen LogP contribution < -0.4 is 4.74 Å². The summed E-state index contributed by atoms with van der Waals surface area (Å²) in [5.74, 6) is 0.685. The Morgan fingerprint density at radius 2 is 1.76 bits per heavy atom. The number of hydrogen-bond acceptors (Lipinski definition) is 2. The van der Waals surface area contributed by atoms with Gasteiger partial charge in [0.1, 0.15) is 5.75 Å². The van der Waals surface area contributed by atoms with Crippen LogP contribution in [0.2, 0.25) is 5.02 Å². The van der Waals surface area contributed by atoms with Crippen molar-refractivity contribution in [3.63, 3.8) is 0 Å². The van der Waals surface area contributed by atoms with Crippen LogP contribution in [0, 0.1) is 0 Å². The molecule has 5 heteroatoms. The Morgan fingerprint density at radius 3 is 2.43 bits per heavy atom. The molecule has 0 atom stereocenters. The van der Waals surface area contributed by atoms with E-state index in [-0.39, 0.29) is 0 Å². The smallest absolute Gasteiger partial charge is 0.144 e. The van der Waals surface area contributed by atoms with Gasteiger partial charge in [-0.2, -0.15) is 0 Å². The average molecular weight is 428 g/mol. The maximum Gasteiger partial charge on any atom is 0.144 e. The minimum Gasteiger partial charge on any atom is -0.495 e. The van der Waals surface area contributed by atoms with Gasteiger partial charge in [-0.1, -0.05) is 41.9 Å². The first-order valence-electron chi connectivity index (χ1n) is 6.19. The number of benzene rings is 2. The topological polar surface area (TPSA) is 22.1 Å². The van der Waals surface area contributed by atoms with Crippen LogP contribution in [0.4, 0.5) is 0 Å². The quantitative estimate of drug-likeness (QED) is 0.494. The fourth-order valence-electron chi connectivity index (χ4n) is 2.22. The van der Waals surface area contributed by atoms with Crippen LogP contribution >= 0.6 is 43.5 Å². The van der Waals surface area contributed by atoms with Crippen LogP contribution in [0.1, 0.15) is 0 Å². The molecule has 1 aromatic heterocycles. The molecule has 0 saturated carbocycles. The summed E-state index contributed by atoms with van der Waals surface area (Å²) in [5, 5.41) is 1.40. The summed E-state index contributed by atoms with van der Waals surface area (Å²) in [5.41, 5.74) is 2.63. The van der Waals surface area contributed by atoms with Gasteiger partial charge in [0.05, 0.1) is 33.2 Å². The Labute approximate surface area is 144 Å². The van der Waals surface area contributed by atoms with Crippen molar-refractivity contribution in [3.05, 3.63) is 56.4 Å². The highest BCUT2D eigenvalue weighted by Gasteiger charge is 2.16. The lowest BCUT2D eigenvalue weighted by molar-refractivity contribution is 0.417. The molecule has 0 amide bonds. The molecule has 2 aromatic carbocycles. The van der Waals surface area contributed by atoms with Gasteiger partial charge >= 0.3 is 0 Å². The number of methoxy groups -OCH3 is 1. The predicted octanol–water partition coefficient (Wildman–Crippen LogP) is 6.09. The Balaban J connectivity index is 2.35. The number of fused-ring (bicyclic) bond motifs is 1. The molecule has 0 spiro atoms. The van der Waals surface area contributed by atoms with Crippen molar-refractivity contribution in [2.75, 3.05) is 7.11 Å². The lowest BCUT2D eigenvalue weighted by atomic mass is 10.1. The second kappa shape index (κ2) is 5.95. The van der Waals surface area contributed by atoms with Gasteiger partial charge in [0, 0.05) is 10.0 Å². The van der Waals surface area contributed by atoms with Crippen molar-refractivity contribution in [1.29, 1.82) is 0 Å². The minimum atomic E-state index is 0.609. The van der Waals surface area contributed by atoms with E-state index in [9.17, 15) is 0 Å². The monoisotopic (exact) mass is 425 g/mol. The van der Waals surface area contributed by atoms with Gasteiger partial charge in [-0.15, -0.1) is 0 Å². The second-order valence-electron chi connectivity index (χ2n) is 4.45. The Hall–Kier alpha value is -1.10. The van der Waals surface area contributed by atoms with Crippen LogP contribution in [0.15, 0.2) is 51.4 Å². The van der Waals surface area contributed by atoms with Crippen molar-refractivity contribution in [2.24, 2.45) is 0 Å². The van der Waals surface area contributed by atoms with Gasteiger partial charge in [-0.25, -0.2) is 4.98 Å². The average Bonchev–Trinajstić information content (AvgIpc) is 2.49. The molecule has 0 unspecified atom stereocenters. The molecule has 0 radical (unpaired) electrons. The first-order chi connectivity index (χ1) is 10.1. The predicted molar refractivity (Wildman–Crippen MR) is 94.1 cm³/mol. The van der Waals surface area contributed by atoms with Crippen molar-refractivity contribution >= 4 is 54.4 Å². The van der Waals surface area contributed by atoms with E-state index in [0.717, 1.165) is 31.1 Å². The molecule has 0 aliphatic rings. The van der Waals surface area contributed by atoms with Crippen molar-refractivity contribution in [3.8, 4) is 17.0 Å². The van der Waals surface area contributed by atoms with E-state index in [1.165, 1.54) is 0 Å². The number of aromatic nitrogens is 1. The second-order valence-corrected chi connectivity index (χ2v) is 6.57. The molecule has 0 fully saturated rings. The van der Waals surface area contributed by atoms with E-state index in [1.54, 1.807) is 7.11 Å². The SMILES string of the molecule is COc1c(Br)cc(Br)c2nc(-c3ccccc3)cc(Cl)c12. The highest BCUT2D eigenvalue weighted by Crippen LogP contribution is 2.42. The van der Waals surface area contributed by atoms with E-state index >= 15 is 0 Å².